The van der Waals surface area contributed by atoms with Crippen molar-refractivity contribution in [3.63, 3.8) is 0 Å². The fourth-order valence-electron chi connectivity index (χ4n) is 1.77. The summed E-state index contributed by atoms with van der Waals surface area (Å²) >= 11 is 0. The smallest absolute Gasteiger partial charge is 0.305 e. The molecule has 0 saturated heterocycles. The third-order valence-corrected chi connectivity index (χ3v) is 4.47. The van der Waals surface area contributed by atoms with E-state index in [-0.39, 0.29) is 29.8 Å². The van der Waals surface area contributed by atoms with Crippen molar-refractivity contribution in [2.75, 3.05) is 0 Å². The van der Waals surface area contributed by atoms with Gasteiger partial charge in [0, 0.05) is 12.2 Å². The number of aliphatic carboxylic acids is 1. The van der Waals surface area contributed by atoms with Crippen LogP contribution in [0.1, 0.15) is 33.6 Å². The molecule has 2 N–H and O–H groups in total. The Kier molecular flexibility index (Phi) is 5.70. The Labute approximate surface area is 119 Å². The van der Waals surface area contributed by atoms with Crippen LogP contribution in [-0.2, 0) is 21.4 Å². The molecule has 0 aliphatic heterocycles. The van der Waals surface area contributed by atoms with Crippen molar-refractivity contribution in [1.82, 2.24) is 14.5 Å². The molecule has 1 rings (SSSR count). The van der Waals surface area contributed by atoms with Crippen LogP contribution >= 0.6 is 0 Å². The number of hydrogen-bond acceptors (Lipinski definition) is 4. The van der Waals surface area contributed by atoms with Gasteiger partial charge in [0.25, 0.3) is 0 Å². The number of nitrogens with zero attached hydrogens (tertiary/aromatic N) is 2. The van der Waals surface area contributed by atoms with Gasteiger partial charge in [-0.1, -0.05) is 20.8 Å². The van der Waals surface area contributed by atoms with Crippen molar-refractivity contribution in [3.8, 4) is 0 Å². The van der Waals surface area contributed by atoms with Gasteiger partial charge in [-0.15, -0.1) is 0 Å². The third-order valence-electron chi connectivity index (χ3n) is 3.03. The molecule has 8 heteroatoms. The van der Waals surface area contributed by atoms with Crippen LogP contribution in [0.2, 0.25) is 0 Å². The first-order valence-electron chi connectivity index (χ1n) is 6.52. The molecule has 0 aliphatic rings. The van der Waals surface area contributed by atoms with E-state index in [0.29, 0.717) is 6.42 Å². The molecule has 1 unspecified atom stereocenters. The van der Waals surface area contributed by atoms with E-state index in [1.807, 2.05) is 20.8 Å². The Bertz CT molecular complexity index is 551. The average Bonchev–Trinajstić information content (AvgIpc) is 2.82. The number of rotatable bonds is 8. The minimum atomic E-state index is -3.62. The second-order valence-electron chi connectivity index (χ2n) is 4.96. The SMILES string of the molecule is CCC(NS(=O)(=O)c1cnn(CCC(=O)O)c1)C(C)C. The van der Waals surface area contributed by atoms with Crippen molar-refractivity contribution in [1.29, 1.82) is 0 Å². The number of aromatic nitrogens is 2. The first-order valence-corrected chi connectivity index (χ1v) is 8.01. The molecule has 0 bridgehead atoms. The summed E-state index contributed by atoms with van der Waals surface area (Å²) in [7, 11) is -3.62. The van der Waals surface area contributed by atoms with Crippen LogP contribution in [0.4, 0.5) is 0 Å². The lowest BCUT2D eigenvalue weighted by atomic mass is 10.0. The van der Waals surface area contributed by atoms with E-state index in [1.54, 1.807) is 0 Å². The Balaban J connectivity index is 2.80. The zero-order valence-electron chi connectivity index (χ0n) is 11.9. The normalized spacial score (nSPS) is 13.6. The second kappa shape index (κ2) is 6.85. The van der Waals surface area contributed by atoms with E-state index in [1.165, 1.54) is 17.1 Å². The van der Waals surface area contributed by atoms with Gasteiger partial charge in [0.05, 0.1) is 19.2 Å². The van der Waals surface area contributed by atoms with E-state index in [0.717, 1.165) is 0 Å². The van der Waals surface area contributed by atoms with Crippen molar-refractivity contribution in [3.05, 3.63) is 12.4 Å². The second-order valence-corrected chi connectivity index (χ2v) is 6.68. The average molecular weight is 303 g/mol. The van der Waals surface area contributed by atoms with Gasteiger partial charge in [0.1, 0.15) is 4.90 Å². The van der Waals surface area contributed by atoms with E-state index in [2.05, 4.69) is 9.82 Å². The molecule has 0 aliphatic carbocycles. The number of carbonyl (C=O) groups is 1. The summed E-state index contributed by atoms with van der Waals surface area (Å²) in [4.78, 5) is 10.5. The molecular weight excluding hydrogens is 282 g/mol. The molecule has 0 radical (unpaired) electrons. The highest BCUT2D eigenvalue weighted by molar-refractivity contribution is 7.89. The first kappa shape index (κ1) is 16.6. The van der Waals surface area contributed by atoms with Crippen LogP contribution in [0.5, 0.6) is 0 Å². The molecule has 0 aromatic carbocycles. The van der Waals surface area contributed by atoms with Crippen LogP contribution < -0.4 is 4.72 Å². The Morgan fingerprint density at radius 1 is 1.50 bits per heavy atom. The number of sulfonamides is 1. The van der Waals surface area contributed by atoms with Crippen LogP contribution in [0.3, 0.4) is 0 Å². The predicted octanol–water partition coefficient (Wildman–Crippen LogP) is 1.07. The molecule has 7 nitrogen and oxygen atoms in total. The zero-order chi connectivity index (χ0) is 15.3. The van der Waals surface area contributed by atoms with E-state index in [4.69, 9.17) is 5.11 Å². The first-order chi connectivity index (χ1) is 9.26. The van der Waals surface area contributed by atoms with Gasteiger partial charge in [0.15, 0.2) is 0 Å². The van der Waals surface area contributed by atoms with Crippen LogP contribution in [0.25, 0.3) is 0 Å². The number of nitrogens with one attached hydrogen (secondary N) is 1. The molecule has 1 aromatic rings. The molecule has 1 atom stereocenters. The Morgan fingerprint density at radius 3 is 2.65 bits per heavy atom. The molecule has 0 spiro atoms. The van der Waals surface area contributed by atoms with Gasteiger partial charge in [-0.05, 0) is 12.3 Å². The van der Waals surface area contributed by atoms with Crippen molar-refractivity contribution >= 4 is 16.0 Å². The lowest BCUT2D eigenvalue weighted by Crippen LogP contribution is -2.37. The zero-order valence-corrected chi connectivity index (χ0v) is 12.7. The fourth-order valence-corrected chi connectivity index (χ4v) is 3.19. The molecule has 0 saturated carbocycles. The Hall–Kier alpha value is -1.41. The highest BCUT2D eigenvalue weighted by Gasteiger charge is 2.22. The van der Waals surface area contributed by atoms with E-state index in [9.17, 15) is 13.2 Å². The summed E-state index contributed by atoms with van der Waals surface area (Å²) in [6.07, 6.45) is 3.18. The molecular formula is C12H21N3O4S. The summed E-state index contributed by atoms with van der Waals surface area (Å²) < 4.78 is 28.3. The van der Waals surface area contributed by atoms with Crippen LogP contribution in [-0.4, -0.2) is 35.3 Å². The number of aryl methyl sites for hydroxylation is 1. The topological polar surface area (TPSA) is 101 Å². The number of carboxylic acids is 1. The summed E-state index contributed by atoms with van der Waals surface area (Å²) in [5, 5.41) is 12.4. The maximum atomic E-state index is 12.2. The standard InChI is InChI=1S/C12H21N3O4S/c1-4-11(9(2)3)14-20(18,19)10-7-13-15(8-10)6-5-12(16)17/h7-9,11,14H,4-6H2,1-3H3,(H,16,17). The number of hydrogen-bond donors (Lipinski definition) is 2. The minimum Gasteiger partial charge on any atom is -0.481 e. The maximum absolute atomic E-state index is 12.2. The molecule has 0 fully saturated rings. The predicted molar refractivity (Wildman–Crippen MR) is 73.7 cm³/mol. The van der Waals surface area contributed by atoms with Crippen molar-refractivity contribution in [2.45, 2.75) is 51.1 Å². The monoisotopic (exact) mass is 303 g/mol. The lowest BCUT2D eigenvalue weighted by Gasteiger charge is -2.19. The van der Waals surface area contributed by atoms with Crippen LogP contribution in [0, 0.1) is 5.92 Å². The van der Waals surface area contributed by atoms with E-state index < -0.39 is 16.0 Å². The highest BCUT2D eigenvalue weighted by Crippen LogP contribution is 2.13. The highest BCUT2D eigenvalue weighted by atomic mass is 32.2. The summed E-state index contributed by atoms with van der Waals surface area (Å²) in [5.74, 6) is -0.759. The quantitative estimate of drug-likeness (QED) is 0.748. The molecule has 1 aromatic heterocycles. The molecule has 20 heavy (non-hydrogen) atoms. The van der Waals surface area contributed by atoms with Gasteiger partial charge < -0.3 is 5.11 Å². The van der Waals surface area contributed by atoms with E-state index >= 15 is 0 Å². The number of carboxylic acid groups (broad SMARTS) is 1. The molecule has 0 amide bonds. The minimum absolute atomic E-state index is 0.0574. The summed E-state index contributed by atoms with van der Waals surface area (Å²) in [5.41, 5.74) is 0. The summed E-state index contributed by atoms with van der Waals surface area (Å²) in [6, 6.07) is -0.137. The van der Waals surface area contributed by atoms with Crippen molar-refractivity contribution < 1.29 is 18.3 Å². The molecule has 1 heterocycles. The fraction of sp³-hybridized carbons (Fsp3) is 0.667. The maximum Gasteiger partial charge on any atom is 0.305 e. The summed E-state index contributed by atoms with van der Waals surface area (Å²) in [6.45, 7) is 5.97. The molecule has 114 valence electrons. The van der Waals surface area contributed by atoms with Gasteiger partial charge in [-0.25, -0.2) is 13.1 Å². The van der Waals surface area contributed by atoms with Crippen molar-refractivity contribution in [2.24, 2.45) is 5.92 Å². The van der Waals surface area contributed by atoms with Crippen LogP contribution in [0.15, 0.2) is 17.3 Å². The largest absolute Gasteiger partial charge is 0.481 e. The van der Waals surface area contributed by atoms with Gasteiger partial charge in [-0.3, -0.25) is 9.48 Å². The van der Waals surface area contributed by atoms with Gasteiger partial charge in [0.2, 0.25) is 10.0 Å². The lowest BCUT2D eigenvalue weighted by molar-refractivity contribution is -0.137. The Morgan fingerprint density at radius 2 is 2.15 bits per heavy atom. The third kappa shape index (κ3) is 4.61. The van der Waals surface area contributed by atoms with Gasteiger partial charge in [-0.2, -0.15) is 5.10 Å². The van der Waals surface area contributed by atoms with Gasteiger partial charge >= 0.3 is 5.97 Å².